The summed E-state index contributed by atoms with van der Waals surface area (Å²) in [7, 11) is 0. The Morgan fingerprint density at radius 1 is 0.195 bits per heavy atom. The molecule has 4 heterocycles. The van der Waals surface area contributed by atoms with Gasteiger partial charge < -0.3 is 17.7 Å². The number of furan rings is 4. The lowest BCUT2D eigenvalue weighted by Gasteiger charge is -2.17. The van der Waals surface area contributed by atoms with E-state index >= 15 is 0 Å². The first-order chi connectivity index (χ1) is 43.0. The molecule has 0 fully saturated rings. The second-order valence-corrected chi connectivity index (χ2v) is 23.0. The minimum Gasteiger partial charge on any atom is -0.455 e. The molecule has 0 unspecified atom stereocenters. The van der Waals surface area contributed by atoms with Crippen molar-refractivity contribution in [3.8, 4) is 66.8 Å². The highest BCUT2D eigenvalue weighted by molar-refractivity contribution is 6.28. The third-order valence-corrected chi connectivity index (χ3v) is 18.0. The summed E-state index contributed by atoms with van der Waals surface area (Å²) in [6, 6.07) is 101. The van der Waals surface area contributed by atoms with Crippen LogP contribution in [0.2, 0.25) is 0 Å². The van der Waals surface area contributed by atoms with Crippen LogP contribution in [0, 0.1) is 6.92 Å². The predicted octanol–water partition coefficient (Wildman–Crippen LogP) is 24.2. The molecule has 4 aromatic heterocycles. The Labute approximate surface area is 499 Å². The molecule has 0 spiro atoms. The maximum absolute atomic E-state index is 6.51. The molecular weight excluding hydrogens is 1060 g/mol. The van der Waals surface area contributed by atoms with Gasteiger partial charge in [0.25, 0.3) is 0 Å². The van der Waals surface area contributed by atoms with Crippen molar-refractivity contribution in [1.82, 2.24) is 0 Å². The monoisotopic (exact) mass is 1110 g/mol. The summed E-state index contributed by atoms with van der Waals surface area (Å²) < 4.78 is 25.9. The largest absolute Gasteiger partial charge is 0.455 e. The minimum absolute atomic E-state index is 0.880. The van der Waals surface area contributed by atoms with Gasteiger partial charge in [-0.25, -0.2) is 0 Å². The summed E-state index contributed by atoms with van der Waals surface area (Å²) in [5, 5.41) is 16.8. The predicted molar refractivity (Wildman–Crippen MR) is 363 cm³/mol. The molecule has 19 aromatic rings. The summed E-state index contributed by atoms with van der Waals surface area (Å²) in [6.07, 6.45) is 0. The molecule has 15 aromatic carbocycles. The average molecular weight is 1110 g/mol. The second-order valence-electron chi connectivity index (χ2n) is 23.0. The van der Waals surface area contributed by atoms with Gasteiger partial charge in [0.15, 0.2) is 0 Å². The van der Waals surface area contributed by atoms with E-state index in [1.807, 2.05) is 48.5 Å². The zero-order valence-electron chi connectivity index (χ0n) is 47.3. The molecule has 0 radical (unpaired) electrons. The highest BCUT2D eigenvalue weighted by Crippen LogP contribution is 2.46. The number of benzene rings is 15. The zero-order chi connectivity index (χ0) is 57.3. The van der Waals surface area contributed by atoms with Crippen molar-refractivity contribution in [1.29, 1.82) is 0 Å². The normalized spacial score (nSPS) is 12.0. The van der Waals surface area contributed by atoms with Crippen molar-refractivity contribution in [3.05, 3.63) is 291 Å². The standard InChI is InChI=1S/C42H24O3.C41H26O/c1-4-19-37-31(10-1)34-16-7-13-28(40(34)43-37)25-22-26(29-14-8-17-35-32-11-2-5-20-38(32)44-41(29)35)24-27(23-25)30-15-9-18-36-33-12-3-6-21-39(33)45-42(30)36;1-25-9-11-26(12-10-25)31-21-17-29-20-24-36-32(22-18-30-19-23-35(31)39(29)40(30)36)27-13-15-28(16-14-27)33-6-4-7-37-34-5-2-3-8-38(34)42-41(33)37/h1-24H;2-24H,1H3. The van der Waals surface area contributed by atoms with Gasteiger partial charge in [0.05, 0.1) is 0 Å². The summed E-state index contributed by atoms with van der Waals surface area (Å²) in [4.78, 5) is 0. The third kappa shape index (κ3) is 7.78. The van der Waals surface area contributed by atoms with Gasteiger partial charge in [-0.3, -0.25) is 0 Å². The first-order valence-corrected chi connectivity index (χ1v) is 29.7. The number of hydrogen-bond acceptors (Lipinski definition) is 4. The summed E-state index contributed by atoms with van der Waals surface area (Å²) in [5.74, 6) is 0. The van der Waals surface area contributed by atoms with E-state index < -0.39 is 0 Å². The molecule has 0 aliphatic carbocycles. The lowest BCUT2D eigenvalue weighted by Crippen LogP contribution is -1.89. The average Bonchev–Trinajstić information content (AvgIpc) is 1.89. The molecule has 0 saturated heterocycles. The molecule has 406 valence electrons. The van der Waals surface area contributed by atoms with Gasteiger partial charge in [-0.05, 0) is 126 Å². The summed E-state index contributed by atoms with van der Waals surface area (Å²) in [6.45, 7) is 2.14. The Balaban J connectivity index is 0.000000131. The van der Waals surface area contributed by atoms with Gasteiger partial charge in [-0.2, -0.15) is 0 Å². The van der Waals surface area contributed by atoms with Crippen LogP contribution in [0.3, 0.4) is 0 Å². The maximum atomic E-state index is 6.51. The van der Waals surface area contributed by atoms with Crippen molar-refractivity contribution in [2.45, 2.75) is 6.92 Å². The van der Waals surface area contributed by atoms with E-state index in [-0.39, 0.29) is 0 Å². The first-order valence-electron chi connectivity index (χ1n) is 29.7. The van der Waals surface area contributed by atoms with Crippen LogP contribution in [0.25, 0.3) is 187 Å². The van der Waals surface area contributed by atoms with E-state index in [0.29, 0.717) is 0 Å². The molecule has 4 nitrogen and oxygen atoms in total. The molecule has 0 aliphatic heterocycles. The molecular formula is C83H50O4. The van der Waals surface area contributed by atoms with Crippen molar-refractivity contribution < 1.29 is 17.7 Å². The van der Waals surface area contributed by atoms with Crippen LogP contribution in [0.1, 0.15) is 5.56 Å². The molecule has 0 atom stereocenters. The molecule has 0 saturated carbocycles. The SMILES string of the molecule is Cc1ccc(-c2ccc3ccc4c(-c5ccc(-c6cccc7c6oc6ccccc67)cc5)ccc5ccc2c3c54)cc1.c1ccc2c(c1)oc1c(-c3cc(-c4cccc5c4oc4ccccc45)cc(-c4cccc5c4oc4ccccc45)c3)cccc12. The Hall–Kier alpha value is -11.5. The van der Waals surface area contributed by atoms with Crippen molar-refractivity contribution in [2.24, 2.45) is 0 Å². The van der Waals surface area contributed by atoms with E-state index in [2.05, 4.69) is 244 Å². The molecule has 0 amide bonds. The molecule has 0 N–H and O–H groups in total. The number of hydrogen-bond donors (Lipinski definition) is 0. The van der Waals surface area contributed by atoms with Crippen molar-refractivity contribution >= 4 is 120 Å². The van der Waals surface area contributed by atoms with Gasteiger partial charge in [-0.15, -0.1) is 0 Å². The van der Waals surface area contributed by atoms with Crippen LogP contribution in [0.5, 0.6) is 0 Å². The smallest absolute Gasteiger partial charge is 0.143 e. The van der Waals surface area contributed by atoms with Crippen molar-refractivity contribution in [3.63, 3.8) is 0 Å². The van der Waals surface area contributed by atoms with E-state index in [1.54, 1.807) is 0 Å². The van der Waals surface area contributed by atoms with E-state index in [9.17, 15) is 0 Å². The number of aryl methyl sites for hydroxylation is 1. The van der Waals surface area contributed by atoms with Gasteiger partial charge in [0.2, 0.25) is 0 Å². The van der Waals surface area contributed by atoms with E-state index in [4.69, 9.17) is 17.7 Å². The van der Waals surface area contributed by atoms with Crippen LogP contribution in [-0.2, 0) is 0 Å². The number of para-hydroxylation sites is 8. The topological polar surface area (TPSA) is 52.6 Å². The van der Waals surface area contributed by atoms with Crippen LogP contribution < -0.4 is 0 Å². The van der Waals surface area contributed by atoms with Gasteiger partial charge in [0.1, 0.15) is 44.7 Å². The Morgan fingerprint density at radius 2 is 0.471 bits per heavy atom. The van der Waals surface area contributed by atoms with Crippen LogP contribution in [0.4, 0.5) is 0 Å². The Morgan fingerprint density at radius 3 is 0.816 bits per heavy atom. The lowest BCUT2D eigenvalue weighted by molar-refractivity contribution is 0.669. The maximum Gasteiger partial charge on any atom is 0.143 e. The Kier molecular flexibility index (Phi) is 10.9. The zero-order valence-corrected chi connectivity index (χ0v) is 47.3. The number of rotatable bonds is 6. The molecule has 0 bridgehead atoms. The second kappa shape index (κ2) is 19.3. The molecule has 19 rings (SSSR count). The van der Waals surface area contributed by atoms with Gasteiger partial charge in [-0.1, -0.05) is 248 Å². The van der Waals surface area contributed by atoms with Crippen LogP contribution in [0.15, 0.2) is 303 Å². The Bertz CT molecular complexity index is 5630. The quantitative estimate of drug-likeness (QED) is 0.156. The fourth-order valence-corrected chi connectivity index (χ4v) is 13.9. The highest BCUT2D eigenvalue weighted by atomic mass is 16.3. The van der Waals surface area contributed by atoms with Gasteiger partial charge >= 0.3 is 0 Å². The number of fused-ring (bicyclic) bond motifs is 12. The van der Waals surface area contributed by atoms with Crippen LogP contribution >= 0.6 is 0 Å². The van der Waals surface area contributed by atoms with Crippen LogP contribution in [-0.4, -0.2) is 0 Å². The lowest BCUT2D eigenvalue weighted by atomic mass is 9.87. The highest BCUT2D eigenvalue weighted by Gasteiger charge is 2.21. The van der Waals surface area contributed by atoms with Gasteiger partial charge in [0, 0.05) is 65.3 Å². The molecule has 4 heteroatoms. The summed E-state index contributed by atoms with van der Waals surface area (Å²) in [5.41, 5.74) is 22.0. The first kappa shape index (κ1) is 49.0. The van der Waals surface area contributed by atoms with E-state index in [0.717, 1.165) is 132 Å². The molecule has 87 heavy (non-hydrogen) atoms. The van der Waals surface area contributed by atoms with E-state index in [1.165, 1.54) is 60.1 Å². The van der Waals surface area contributed by atoms with Crippen molar-refractivity contribution in [2.75, 3.05) is 0 Å². The third-order valence-electron chi connectivity index (χ3n) is 18.0. The fourth-order valence-electron chi connectivity index (χ4n) is 13.9. The fraction of sp³-hybridized carbons (Fsp3) is 0.0120. The minimum atomic E-state index is 0.880. The summed E-state index contributed by atoms with van der Waals surface area (Å²) >= 11 is 0. The molecule has 0 aliphatic rings.